The molecule has 4 aliphatic carbocycles. The third kappa shape index (κ3) is 27.5. The Hall–Kier alpha value is -14.4. The van der Waals surface area contributed by atoms with Gasteiger partial charge in [0.05, 0.1) is 57.9 Å². The number of fused-ring (bicyclic) bond motifs is 4. The molecule has 14 nitrogen and oxygen atoms in total. The largest absolute Gasteiger partial charge is 0.497 e. The zero-order valence-corrected chi connectivity index (χ0v) is 86.7. The second-order valence-corrected chi connectivity index (χ2v) is 37.2. The molecule has 0 unspecified atom stereocenters. The van der Waals surface area contributed by atoms with E-state index in [9.17, 15) is 19.2 Å². The molecule has 5 aliphatic rings. The molecule has 0 atom stereocenters. The fraction of sp³-hybridized carbons (Fsp3) is 0.206. The average molecular weight is 2030 g/mol. The zero-order chi connectivity index (χ0) is 102. The van der Waals surface area contributed by atoms with Gasteiger partial charge in [0.1, 0.15) is 23.0 Å². The van der Waals surface area contributed by atoms with Gasteiger partial charge in [-0.25, -0.2) is 19.2 Å². The summed E-state index contributed by atoms with van der Waals surface area (Å²) in [5.74, 6) is 0.850. The number of aliphatic carboxylic acids is 2. The van der Waals surface area contributed by atoms with E-state index in [1.54, 1.807) is 66.6 Å². The van der Waals surface area contributed by atoms with Crippen LogP contribution in [-0.2, 0) is 63.6 Å². The van der Waals surface area contributed by atoms with Gasteiger partial charge in [0.2, 0.25) is 0 Å². The van der Waals surface area contributed by atoms with E-state index < -0.39 is 30.3 Å². The third-order valence-electron chi connectivity index (χ3n) is 26.0. The van der Waals surface area contributed by atoms with Crippen molar-refractivity contribution >= 4 is 152 Å². The highest BCUT2D eigenvalue weighted by molar-refractivity contribution is 14.1. The summed E-state index contributed by atoms with van der Waals surface area (Å²) in [5.41, 5.74) is 35.6. The predicted molar refractivity (Wildman–Crippen MR) is 597 cm³/mol. The molecule has 17 rings (SSSR count). The fourth-order valence-electron chi connectivity index (χ4n) is 18.1. The van der Waals surface area contributed by atoms with Gasteiger partial charge in [-0.2, -0.15) is 0 Å². The maximum atomic E-state index is 11.7. The topological polar surface area (TPSA) is 183 Å². The average Bonchev–Trinajstić information content (AvgIpc) is 1.61. The maximum absolute atomic E-state index is 11.7. The molecule has 0 aromatic heterocycles. The van der Waals surface area contributed by atoms with Crippen LogP contribution in [0, 0.1) is 3.57 Å². The van der Waals surface area contributed by atoms with Crippen LogP contribution in [0.5, 0.6) is 23.0 Å². The van der Waals surface area contributed by atoms with E-state index in [0.717, 1.165) is 158 Å². The lowest BCUT2D eigenvalue weighted by molar-refractivity contribution is -0.138. The monoisotopic (exact) mass is 2030 g/mol. The lowest BCUT2D eigenvalue weighted by Gasteiger charge is -2.32. The molecule has 1 fully saturated rings. The Morgan fingerprint density at radius 1 is 0.350 bits per heavy atom. The SMILES string of the molecule is CC/C(=C(\C1=C(Cl)c2ccccc2C1)c1ccc(/C=C/C(=O)O)cc1)c1ccc(OC)cc1.CC/C(=C(\C1=Cc2ccccc2C1)c1ccc(/C=C/C(=O)O)cc1)c1ccc(OC)cc1.CCOC(=O)/C=C/c1ccc(/C(C2=Cc3ccccc3C2)=C(/CC)B2OC(C)(C)C(C)(C)O2)cc1.CCOC(=O)/C=C/c1ccc(/C(C2=Cc3ccccc3C2)=C(/CC)c2ccc(OC)cc2)cc1.COc1ccc(I)cc1. The van der Waals surface area contributed by atoms with Crippen LogP contribution < -0.4 is 18.9 Å². The van der Waals surface area contributed by atoms with Gasteiger partial charge in [0.25, 0.3) is 0 Å². The molecule has 143 heavy (non-hydrogen) atoms. The number of methoxy groups -OCH3 is 4. The standard InChI is InChI=1S/C31H30O3.C30H35BO4.C29H25ClO3.C29H26O3.C7H7IO/c1-4-29(23-15-17-28(33-3)18-16-23)31(27-20-25-8-6-7-9-26(25)21-27)24-13-10-22(11-14-24)12-19-30(32)34-5-2;1-7-26(31-34-29(3,4)30(5,6)35-31)28(25-19-23-11-9-10-12-24(23)20-25)22-16-13-21(14-17-22)15-18-27(32)33-8-2;1-3-24(20-13-15-23(33-2)16-14-20)28(21-11-8-19(9-12-21)10-17-27(31)32)26-18-22-6-4-5-7-25(22)29(26)30;1-3-27(21-13-15-26(32-2)16-14-21)29(25-18-23-6-4-5-7-24(23)19-25)22-11-8-20(9-12-22)10-17-28(30)31;1-9-7-4-2-6(8)3-5-7/h6-20H,4-5,21H2,1-3H3;9-19H,7-8,20H2,1-6H3;4-17H,3,18H2,1-2H3,(H,31,32);4-18H,3,19H2,1-2H3,(H,30,31);2-5H,1H3/b19-12+,31-29+;18-15+,28-26+;17-10+,28-24+;17-10+,29-27+;. The highest BCUT2D eigenvalue weighted by Crippen LogP contribution is 2.49. The molecular formula is C126H123BClIO14. The number of carboxylic acid groups (broad SMARTS) is 2. The van der Waals surface area contributed by atoms with Crippen molar-refractivity contribution < 1.29 is 67.1 Å². The van der Waals surface area contributed by atoms with Crippen molar-refractivity contribution in [3.05, 3.63) is 453 Å². The van der Waals surface area contributed by atoms with E-state index in [1.807, 2.05) is 121 Å². The maximum Gasteiger partial charge on any atom is 0.491 e. The summed E-state index contributed by atoms with van der Waals surface area (Å²) in [4.78, 5) is 45.1. The summed E-state index contributed by atoms with van der Waals surface area (Å²) in [6, 6.07) is 99.2. The smallest absolute Gasteiger partial charge is 0.491 e. The number of halogens is 2. The van der Waals surface area contributed by atoms with Gasteiger partial charge in [0, 0.05) is 34.3 Å². The number of carboxylic acids is 2. The van der Waals surface area contributed by atoms with E-state index in [1.165, 1.54) is 122 Å². The van der Waals surface area contributed by atoms with Crippen LogP contribution in [0.4, 0.5) is 0 Å². The number of esters is 2. The van der Waals surface area contributed by atoms with Crippen molar-refractivity contribution in [2.45, 2.75) is 132 Å². The van der Waals surface area contributed by atoms with Gasteiger partial charge in [-0.3, -0.25) is 0 Å². The summed E-state index contributed by atoms with van der Waals surface area (Å²) in [7, 11) is 6.29. The number of hydrogen-bond acceptors (Lipinski definition) is 12. The van der Waals surface area contributed by atoms with Gasteiger partial charge < -0.3 is 47.9 Å². The number of allylic oxidation sites excluding steroid dienone is 12. The molecule has 1 saturated heterocycles. The first-order valence-electron chi connectivity index (χ1n) is 48.5. The van der Waals surface area contributed by atoms with Gasteiger partial charge >= 0.3 is 31.0 Å². The fourth-order valence-corrected chi connectivity index (χ4v) is 18.8. The van der Waals surface area contributed by atoms with E-state index in [2.05, 4.69) is 266 Å². The van der Waals surface area contributed by atoms with Crippen molar-refractivity contribution in [3.8, 4) is 23.0 Å². The Morgan fingerprint density at radius 2 is 0.636 bits per heavy atom. The number of carbonyl (C=O) groups excluding carboxylic acids is 2. The second-order valence-electron chi connectivity index (χ2n) is 35.6. The lowest BCUT2D eigenvalue weighted by Crippen LogP contribution is -2.41. The first kappa shape index (κ1) is 106. The quantitative estimate of drug-likeness (QED) is 0.0143. The number of benzene rings is 12. The van der Waals surface area contributed by atoms with Crippen LogP contribution in [0.15, 0.2) is 343 Å². The van der Waals surface area contributed by atoms with E-state index >= 15 is 0 Å². The van der Waals surface area contributed by atoms with Crippen LogP contribution >= 0.6 is 34.2 Å². The summed E-state index contributed by atoms with van der Waals surface area (Å²) < 4.78 is 45.2. The first-order valence-corrected chi connectivity index (χ1v) is 49.9. The minimum atomic E-state index is -0.965. The van der Waals surface area contributed by atoms with Crippen LogP contribution in [0.2, 0.25) is 0 Å². The minimum Gasteiger partial charge on any atom is -0.497 e. The molecule has 1 heterocycles. The Bertz CT molecular complexity index is 6910. The summed E-state index contributed by atoms with van der Waals surface area (Å²) in [6.45, 7) is 21.4. The number of hydrogen-bond donors (Lipinski definition) is 2. The zero-order valence-electron chi connectivity index (χ0n) is 83.8. The van der Waals surface area contributed by atoms with E-state index in [0.29, 0.717) is 13.2 Å². The molecule has 12 aromatic rings. The summed E-state index contributed by atoms with van der Waals surface area (Å²) in [6.07, 6.45) is 25.8. The molecule has 1 aliphatic heterocycles. The highest BCUT2D eigenvalue weighted by Gasteiger charge is 2.53. The Morgan fingerprint density at radius 3 is 0.944 bits per heavy atom. The Kier molecular flexibility index (Phi) is 37.6. The van der Waals surface area contributed by atoms with Gasteiger partial charge in [0.15, 0.2) is 0 Å². The Labute approximate surface area is 861 Å². The van der Waals surface area contributed by atoms with Crippen LogP contribution in [0.3, 0.4) is 0 Å². The Balaban J connectivity index is 0.000000155. The van der Waals surface area contributed by atoms with Gasteiger partial charge in [-0.15, -0.1) is 0 Å². The normalized spacial score (nSPS) is 14.6. The molecule has 0 amide bonds. The molecular weight excluding hydrogens is 1910 g/mol. The number of carbonyl (C=O) groups is 4. The third-order valence-corrected chi connectivity index (χ3v) is 27.2. The van der Waals surface area contributed by atoms with Crippen LogP contribution in [0.1, 0.15) is 201 Å². The first-order chi connectivity index (χ1) is 69.2. The summed E-state index contributed by atoms with van der Waals surface area (Å²) >= 11 is 9.21. The summed E-state index contributed by atoms with van der Waals surface area (Å²) in [5, 5.41) is 18.6. The van der Waals surface area contributed by atoms with E-state index in [-0.39, 0.29) is 11.9 Å². The van der Waals surface area contributed by atoms with E-state index in [4.69, 9.17) is 59.5 Å². The number of rotatable bonds is 30. The van der Waals surface area contributed by atoms with Crippen LogP contribution in [-0.4, -0.2) is 94.1 Å². The molecule has 728 valence electrons. The second kappa shape index (κ2) is 50.8. The van der Waals surface area contributed by atoms with Crippen LogP contribution in [0.25, 0.3) is 86.6 Å². The molecule has 12 aromatic carbocycles. The van der Waals surface area contributed by atoms with Crippen molar-refractivity contribution in [1.82, 2.24) is 0 Å². The molecule has 0 radical (unpaired) electrons. The van der Waals surface area contributed by atoms with Crippen molar-refractivity contribution in [2.75, 3.05) is 41.7 Å². The molecule has 0 saturated carbocycles. The predicted octanol–water partition coefficient (Wildman–Crippen LogP) is 30.3. The molecule has 0 spiro atoms. The lowest BCUT2D eigenvalue weighted by atomic mass is 9.70. The molecule has 2 N–H and O–H groups in total. The van der Waals surface area contributed by atoms with Crippen molar-refractivity contribution in [2.24, 2.45) is 0 Å². The molecule has 0 bridgehead atoms. The van der Waals surface area contributed by atoms with Crippen molar-refractivity contribution in [1.29, 1.82) is 0 Å². The van der Waals surface area contributed by atoms with Gasteiger partial charge in [-0.05, 0) is 367 Å². The number of ether oxygens (including phenoxy) is 6. The molecule has 17 heteroatoms. The van der Waals surface area contributed by atoms with Crippen molar-refractivity contribution in [3.63, 3.8) is 0 Å². The highest BCUT2D eigenvalue weighted by atomic mass is 127. The minimum absolute atomic E-state index is 0.325. The van der Waals surface area contributed by atoms with Gasteiger partial charge in [-0.1, -0.05) is 288 Å².